The Balaban J connectivity index is 2.71. The van der Waals surface area contributed by atoms with Crippen LogP contribution in [0.3, 0.4) is 0 Å². The van der Waals surface area contributed by atoms with E-state index in [1.165, 1.54) is 0 Å². The summed E-state index contributed by atoms with van der Waals surface area (Å²) in [5.74, 6) is 0.253. The first kappa shape index (κ1) is 13.1. The van der Waals surface area contributed by atoms with Gasteiger partial charge in [-0.05, 0) is 25.0 Å². The number of rotatable bonds is 2. The zero-order valence-electron chi connectivity index (χ0n) is 10.2. The van der Waals surface area contributed by atoms with Crippen molar-refractivity contribution in [1.29, 1.82) is 0 Å². The lowest BCUT2D eigenvalue weighted by Crippen LogP contribution is -2.04. The van der Waals surface area contributed by atoms with Crippen LogP contribution in [-0.4, -0.2) is 9.97 Å². The van der Waals surface area contributed by atoms with Crippen LogP contribution in [0.25, 0.3) is 11.3 Å². The summed E-state index contributed by atoms with van der Waals surface area (Å²) < 4.78 is 0. The molecule has 1 aromatic carbocycles. The van der Waals surface area contributed by atoms with E-state index in [4.69, 9.17) is 28.9 Å². The van der Waals surface area contributed by atoms with Crippen LogP contribution in [0.15, 0.2) is 18.2 Å². The number of nitrogen functional groups attached to an aromatic ring is 1. The number of nitrogens with two attached hydrogens (primary N) is 1. The highest BCUT2D eigenvalue weighted by Gasteiger charge is 2.14. The van der Waals surface area contributed by atoms with E-state index in [1.807, 2.05) is 26.0 Å². The highest BCUT2D eigenvalue weighted by Crippen LogP contribution is 2.34. The van der Waals surface area contributed by atoms with E-state index < -0.39 is 0 Å². The molecular formula is C13H13Cl2N3. The molecular weight excluding hydrogens is 269 g/mol. The van der Waals surface area contributed by atoms with Gasteiger partial charge in [0.15, 0.2) is 0 Å². The van der Waals surface area contributed by atoms with E-state index in [-0.39, 0.29) is 5.95 Å². The Hall–Kier alpha value is -1.32. The molecule has 0 fully saturated rings. The zero-order valence-corrected chi connectivity index (χ0v) is 11.7. The van der Waals surface area contributed by atoms with Crippen molar-refractivity contribution in [2.45, 2.75) is 20.3 Å². The number of benzene rings is 1. The number of aryl methyl sites for hydroxylation is 1. The van der Waals surface area contributed by atoms with E-state index in [2.05, 4.69) is 9.97 Å². The van der Waals surface area contributed by atoms with Crippen LogP contribution < -0.4 is 5.73 Å². The van der Waals surface area contributed by atoms with Gasteiger partial charge in [-0.2, -0.15) is 0 Å². The van der Waals surface area contributed by atoms with Crippen LogP contribution >= 0.6 is 23.2 Å². The summed E-state index contributed by atoms with van der Waals surface area (Å²) >= 11 is 12.2. The summed E-state index contributed by atoms with van der Waals surface area (Å²) in [5.41, 5.74) is 9.16. The van der Waals surface area contributed by atoms with Gasteiger partial charge in [0.25, 0.3) is 0 Å². The second kappa shape index (κ2) is 5.12. The molecule has 0 amide bonds. The maximum atomic E-state index is 6.21. The van der Waals surface area contributed by atoms with Crippen LogP contribution in [0.4, 0.5) is 5.95 Å². The molecule has 94 valence electrons. The molecule has 0 spiro atoms. The van der Waals surface area contributed by atoms with Crippen molar-refractivity contribution < 1.29 is 0 Å². The fraction of sp³-hybridized carbons (Fsp3) is 0.231. The molecule has 0 radical (unpaired) electrons. The smallest absolute Gasteiger partial charge is 0.220 e. The molecule has 0 saturated heterocycles. The molecule has 0 bridgehead atoms. The number of halogens is 2. The standard InChI is InChI=1S/C13H13Cl2N3/c1-3-10-7(2)12(18-13(16)17-10)8-5-4-6-9(14)11(8)15/h4-6H,3H2,1-2H3,(H2,16,17,18). The first-order chi connectivity index (χ1) is 8.54. The minimum atomic E-state index is 0.253. The molecule has 0 unspecified atom stereocenters. The van der Waals surface area contributed by atoms with Gasteiger partial charge in [-0.15, -0.1) is 0 Å². The van der Waals surface area contributed by atoms with Gasteiger partial charge in [-0.1, -0.05) is 42.3 Å². The second-order valence-electron chi connectivity index (χ2n) is 3.96. The Morgan fingerprint density at radius 1 is 1.22 bits per heavy atom. The van der Waals surface area contributed by atoms with Crippen molar-refractivity contribution in [1.82, 2.24) is 9.97 Å². The Labute approximate surface area is 116 Å². The van der Waals surface area contributed by atoms with Gasteiger partial charge in [0.1, 0.15) is 0 Å². The van der Waals surface area contributed by atoms with Crippen molar-refractivity contribution in [3.05, 3.63) is 39.5 Å². The summed E-state index contributed by atoms with van der Waals surface area (Å²) in [6.45, 7) is 3.99. The molecule has 2 aromatic rings. The maximum Gasteiger partial charge on any atom is 0.220 e. The average molecular weight is 282 g/mol. The van der Waals surface area contributed by atoms with Crippen LogP contribution in [0.1, 0.15) is 18.2 Å². The van der Waals surface area contributed by atoms with Crippen LogP contribution in [0.5, 0.6) is 0 Å². The summed E-state index contributed by atoms with van der Waals surface area (Å²) in [6.07, 6.45) is 0.795. The largest absolute Gasteiger partial charge is 0.368 e. The minimum Gasteiger partial charge on any atom is -0.368 e. The predicted molar refractivity (Wildman–Crippen MR) is 76.0 cm³/mol. The Morgan fingerprint density at radius 3 is 2.61 bits per heavy atom. The summed E-state index contributed by atoms with van der Waals surface area (Å²) in [6, 6.07) is 5.46. The molecule has 0 aliphatic heterocycles. The Morgan fingerprint density at radius 2 is 1.94 bits per heavy atom. The van der Waals surface area contributed by atoms with Gasteiger partial charge in [0.2, 0.25) is 5.95 Å². The number of nitrogens with zero attached hydrogens (tertiary/aromatic N) is 2. The van der Waals surface area contributed by atoms with E-state index >= 15 is 0 Å². The van der Waals surface area contributed by atoms with Crippen molar-refractivity contribution >= 4 is 29.2 Å². The molecule has 2 N–H and O–H groups in total. The normalized spacial score (nSPS) is 10.7. The minimum absolute atomic E-state index is 0.253. The molecule has 1 aromatic heterocycles. The fourth-order valence-electron chi connectivity index (χ4n) is 1.88. The molecule has 18 heavy (non-hydrogen) atoms. The van der Waals surface area contributed by atoms with Gasteiger partial charge in [-0.25, -0.2) is 9.97 Å². The lowest BCUT2D eigenvalue weighted by Gasteiger charge is -2.11. The molecule has 0 atom stereocenters. The quantitative estimate of drug-likeness (QED) is 0.908. The second-order valence-corrected chi connectivity index (χ2v) is 4.74. The number of anilines is 1. The van der Waals surface area contributed by atoms with E-state index in [9.17, 15) is 0 Å². The van der Waals surface area contributed by atoms with Crippen molar-refractivity contribution in [3.8, 4) is 11.3 Å². The van der Waals surface area contributed by atoms with Gasteiger partial charge >= 0.3 is 0 Å². The van der Waals surface area contributed by atoms with E-state index in [1.54, 1.807) is 6.07 Å². The summed E-state index contributed by atoms with van der Waals surface area (Å²) in [5, 5.41) is 0.992. The summed E-state index contributed by atoms with van der Waals surface area (Å²) in [7, 11) is 0. The maximum absolute atomic E-state index is 6.21. The van der Waals surface area contributed by atoms with Gasteiger partial charge in [-0.3, -0.25) is 0 Å². The van der Waals surface area contributed by atoms with Crippen LogP contribution in [0.2, 0.25) is 10.0 Å². The van der Waals surface area contributed by atoms with Crippen molar-refractivity contribution in [2.24, 2.45) is 0 Å². The van der Waals surface area contributed by atoms with E-state index in [0.29, 0.717) is 10.0 Å². The highest BCUT2D eigenvalue weighted by atomic mass is 35.5. The molecule has 5 heteroatoms. The average Bonchev–Trinajstić information content (AvgIpc) is 2.35. The first-order valence-electron chi connectivity index (χ1n) is 5.62. The van der Waals surface area contributed by atoms with Gasteiger partial charge in [0, 0.05) is 11.3 Å². The van der Waals surface area contributed by atoms with Crippen LogP contribution in [-0.2, 0) is 6.42 Å². The van der Waals surface area contributed by atoms with E-state index in [0.717, 1.165) is 28.9 Å². The molecule has 0 aliphatic carbocycles. The predicted octanol–water partition coefficient (Wildman–Crippen LogP) is 3.90. The van der Waals surface area contributed by atoms with Crippen molar-refractivity contribution in [2.75, 3.05) is 5.73 Å². The van der Waals surface area contributed by atoms with Crippen molar-refractivity contribution in [3.63, 3.8) is 0 Å². The monoisotopic (exact) mass is 281 g/mol. The third-order valence-electron chi connectivity index (χ3n) is 2.81. The third kappa shape index (κ3) is 2.28. The topological polar surface area (TPSA) is 51.8 Å². The molecule has 0 saturated carbocycles. The van der Waals surface area contributed by atoms with Gasteiger partial charge in [0.05, 0.1) is 15.7 Å². The zero-order chi connectivity index (χ0) is 13.3. The fourth-order valence-corrected chi connectivity index (χ4v) is 2.27. The number of aromatic nitrogens is 2. The summed E-state index contributed by atoms with van der Waals surface area (Å²) in [4.78, 5) is 8.50. The highest BCUT2D eigenvalue weighted by molar-refractivity contribution is 6.43. The molecule has 0 aliphatic rings. The molecule has 2 rings (SSSR count). The number of hydrogen-bond acceptors (Lipinski definition) is 3. The number of hydrogen-bond donors (Lipinski definition) is 1. The van der Waals surface area contributed by atoms with Crippen LogP contribution in [0, 0.1) is 6.92 Å². The lowest BCUT2D eigenvalue weighted by atomic mass is 10.0. The van der Waals surface area contributed by atoms with Gasteiger partial charge < -0.3 is 5.73 Å². The third-order valence-corrected chi connectivity index (χ3v) is 3.62. The SMILES string of the molecule is CCc1nc(N)nc(-c2cccc(Cl)c2Cl)c1C. The molecule has 1 heterocycles. The Kier molecular flexibility index (Phi) is 3.73. The lowest BCUT2D eigenvalue weighted by molar-refractivity contribution is 0.983. The first-order valence-corrected chi connectivity index (χ1v) is 6.37. The molecule has 3 nitrogen and oxygen atoms in total. The Bertz CT molecular complexity index is 597.